The first kappa shape index (κ1) is 26.5. The second kappa shape index (κ2) is 12.6. The first-order valence-electron chi connectivity index (χ1n) is 13.3. The number of fused-ring (bicyclic) bond motifs is 1. The molecule has 2 aromatic carbocycles. The minimum atomic E-state index is -0.131. The van der Waals surface area contributed by atoms with Gasteiger partial charge < -0.3 is 24.3 Å². The van der Waals surface area contributed by atoms with Crippen molar-refractivity contribution in [2.45, 2.75) is 64.5 Å². The fourth-order valence-corrected chi connectivity index (χ4v) is 5.05. The third-order valence-electron chi connectivity index (χ3n) is 7.16. The Labute approximate surface area is 219 Å². The van der Waals surface area contributed by atoms with Crippen LogP contribution in [0.25, 0.3) is 11.0 Å². The van der Waals surface area contributed by atoms with Crippen LogP contribution >= 0.6 is 0 Å². The molecule has 198 valence electrons. The van der Waals surface area contributed by atoms with E-state index in [1.807, 2.05) is 29.2 Å². The highest BCUT2D eigenvalue weighted by Gasteiger charge is 2.24. The van der Waals surface area contributed by atoms with Gasteiger partial charge in [0.05, 0.1) is 25.3 Å². The SMILES string of the molecule is COc1ccc(C(=O)NCCCCCc2nc3ccccc3n2CC(=O)N2CCCCC2C)cc1OC. The first-order valence-corrected chi connectivity index (χ1v) is 13.3. The van der Waals surface area contributed by atoms with E-state index in [2.05, 4.69) is 16.8 Å². The Morgan fingerprint density at radius 2 is 1.84 bits per heavy atom. The maximum atomic E-state index is 13.2. The Hall–Kier alpha value is -3.55. The number of piperidine rings is 1. The van der Waals surface area contributed by atoms with E-state index in [1.165, 1.54) is 6.42 Å². The highest BCUT2D eigenvalue weighted by Crippen LogP contribution is 2.27. The molecule has 8 heteroatoms. The molecule has 1 N–H and O–H groups in total. The van der Waals surface area contributed by atoms with E-state index in [-0.39, 0.29) is 11.8 Å². The molecule has 4 rings (SSSR count). The quantitative estimate of drug-likeness (QED) is 0.384. The Morgan fingerprint density at radius 1 is 1.03 bits per heavy atom. The number of nitrogens with one attached hydrogen (secondary N) is 1. The number of rotatable bonds is 11. The molecule has 37 heavy (non-hydrogen) atoms. The van der Waals surface area contributed by atoms with E-state index < -0.39 is 0 Å². The van der Waals surface area contributed by atoms with Crippen molar-refractivity contribution in [3.05, 3.63) is 53.9 Å². The lowest BCUT2D eigenvalue weighted by Gasteiger charge is -2.33. The summed E-state index contributed by atoms with van der Waals surface area (Å²) in [7, 11) is 3.12. The highest BCUT2D eigenvalue weighted by atomic mass is 16.5. The molecule has 0 spiro atoms. The first-order chi connectivity index (χ1) is 18.0. The fraction of sp³-hybridized carbons (Fsp3) is 0.483. The van der Waals surface area contributed by atoms with Crippen LogP contribution in [0.1, 0.15) is 61.6 Å². The fourth-order valence-electron chi connectivity index (χ4n) is 5.05. The van der Waals surface area contributed by atoms with E-state index in [0.29, 0.717) is 36.2 Å². The zero-order valence-electron chi connectivity index (χ0n) is 22.2. The summed E-state index contributed by atoms with van der Waals surface area (Å²) in [5.74, 6) is 2.12. The summed E-state index contributed by atoms with van der Waals surface area (Å²) in [5, 5.41) is 2.98. The summed E-state index contributed by atoms with van der Waals surface area (Å²) >= 11 is 0. The van der Waals surface area contributed by atoms with E-state index >= 15 is 0 Å². The molecule has 1 aliphatic rings. The molecule has 0 aliphatic carbocycles. The number of ether oxygens (including phenoxy) is 2. The number of hydrogen-bond acceptors (Lipinski definition) is 5. The Bertz CT molecular complexity index is 1220. The predicted octanol–water partition coefficient (Wildman–Crippen LogP) is 4.60. The van der Waals surface area contributed by atoms with Crippen molar-refractivity contribution in [3.63, 3.8) is 0 Å². The molecule has 1 saturated heterocycles. The van der Waals surface area contributed by atoms with Crippen LogP contribution in [0.15, 0.2) is 42.5 Å². The third-order valence-corrected chi connectivity index (χ3v) is 7.16. The Balaban J connectivity index is 1.29. The lowest BCUT2D eigenvalue weighted by Crippen LogP contribution is -2.43. The molecule has 0 bridgehead atoms. The Kier molecular flexibility index (Phi) is 9.04. The second-order valence-electron chi connectivity index (χ2n) is 9.67. The lowest BCUT2D eigenvalue weighted by atomic mass is 10.0. The monoisotopic (exact) mass is 506 g/mol. The van der Waals surface area contributed by atoms with Crippen molar-refractivity contribution >= 4 is 22.8 Å². The molecule has 2 heterocycles. The minimum absolute atomic E-state index is 0.131. The average Bonchev–Trinajstić information content (AvgIpc) is 3.27. The standard InChI is InChI=1S/C29H38N4O4/c1-21-11-8-10-18-32(21)28(34)20-33-24-13-7-6-12-23(24)31-27(33)14-5-4-9-17-30-29(35)22-15-16-25(36-2)26(19-22)37-3/h6-7,12-13,15-16,19,21H,4-5,8-11,14,17-18,20H2,1-3H3,(H,30,35). The second-order valence-corrected chi connectivity index (χ2v) is 9.67. The van der Waals surface area contributed by atoms with Crippen molar-refractivity contribution in [2.75, 3.05) is 27.3 Å². The number of benzene rings is 2. The van der Waals surface area contributed by atoms with Gasteiger partial charge in [-0.05, 0) is 69.4 Å². The molecule has 1 aromatic heterocycles. The number of aromatic nitrogens is 2. The number of methoxy groups -OCH3 is 2. The molecule has 2 amide bonds. The number of imidazole rings is 1. The van der Waals surface area contributed by atoms with Crippen LogP contribution in [-0.4, -0.2) is 59.6 Å². The number of aryl methyl sites for hydroxylation is 1. The van der Waals surface area contributed by atoms with Gasteiger partial charge in [0.15, 0.2) is 11.5 Å². The molecule has 1 unspecified atom stereocenters. The van der Waals surface area contributed by atoms with Gasteiger partial charge in [-0.3, -0.25) is 9.59 Å². The summed E-state index contributed by atoms with van der Waals surface area (Å²) in [4.78, 5) is 32.6. The van der Waals surface area contributed by atoms with Crippen molar-refractivity contribution in [1.82, 2.24) is 19.8 Å². The predicted molar refractivity (Wildman–Crippen MR) is 144 cm³/mol. The summed E-state index contributed by atoms with van der Waals surface area (Å²) in [6.07, 6.45) is 6.89. The molecular formula is C29H38N4O4. The number of para-hydroxylation sites is 2. The normalized spacial score (nSPS) is 15.5. The highest BCUT2D eigenvalue weighted by molar-refractivity contribution is 5.94. The topological polar surface area (TPSA) is 85.7 Å². The van der Waals surface area contributed by atoms with Crippen LogP contribution < -0.4 is 14.8 Å². The van der Waals surface area contributed by atoms with Gasteiger partial charge in [-0.1, -0.05) is 18.6 Å². The summed E-state index contributed by atoms with van der Waals surface area (Å²) in [6, 6.07) is 13.5. The van der Waals surface area contributed by atoms with Gasteiger partial charge in [-0.25, -0.2) is 4.98 Å². The van der Waals surface area contributed by atoms with E-state index in [9.17, 15) is 9.59 Å². The summed E-state index contributed by atoms with van der Waals surface area (Å²) < 4.78 is 12.6. The van der Waals surface area contributed by atoms with Gasteiger partial charge >= 0.3 is 0 Å². The summed E-state index contributed by atoms with van der Waals surface area (Å²) in [5.41, 5.74) is 2.48. The van der Waals surface area contributed by atoms with Gasteiger partial charge in [0.2, 0.25) is 5.91 Å². The van der Waals surface area contributed by atoms with Crippen LogP contribution in [0.3, 0.4) is 0 Å². The van der Waals surface area contributed by atoms with Crippen LogP contribution in [0.5, 0.6) is 11.5 Å². The molecule has 3 aromatic rings. The van der Waals surface area contributed by atoms with Crippen molar-refractivity contribution in [3.8, 4) is 11.5 Å². The number of likely N-dealkylation sites (tertiary alicyclic amines) is 1. The van der Waals surface area contributed by atoms with Crippen LogP contribution in [0.2, 0.25) is 0 Å². The third kappa shape index (κ3) is 6.42. The molecule has 1 atom stereocenters. The van der Waals surface area contributed by atoms with E-state index in [0.717, 1.165) is 61.9 Å². The zero-order valence-corrected chi connectivity index (χ0v) is 22.2. The van der Waals surface area contributed by atoms with Gasteiger partial charge in [-0.2, -0.15) is 0 Å². The number of amides is 2. The molecule has 8 nitrogen and oxygen atoms in total. The average molecular weight is 507 g/mol. The van der Waals surface area contributed by atoms with Crippen LogP contribution in [0, 0.1) is 0 Å². The van der Waals surface area contributed by atoms with Gasteiger partial charge in [0, 0.05) is 31.1 Å². The molecular weight excluding hydrogens is 468 g/mol. The molecule has 1 fully saturated rings. The van der Waals surface area contributed by atoms with E-state index in [1.54, 1.807) is 32.4 Å². The van der Waals surface area contributed by atoms with Crippen LogP contribution in [-0.2, 0) is 17.8 Å². The Morgan fingerprint density at radius 3 is 2.62 bits per heavy atom. The number of nitrogens with zero attached hydrogens (tertiary/aromatic N) is 3. The van der Waals surface area contributed by atoms with Crippen molar-refractivity contribution in [2.24, 2.45) is 0 Å². The maximum Gasteiger partial charge on any atom is 0.251 e. The number of hydrogen-bond donors (Lipinski definition) is 1. The smallest absolute Gasteiger partial charge is 0.251 e. The maximum absolute atomic E-state index is 13.2. The van der Waals surface area contributed by atoms with Gasteiger partial charge in [0.1, 0.15) is 12.4 Å². The van der Waals surface area contributed by atoms with Crippen LogP contribution in [0.4, 0.5) is 0 Å². The molecule has 1 aliphatic heterocycles. The number of unbranched alkanes of at least 4 members (excludes halogenated alkanes) is 2. The van der Waals surface area contributed by atoms with Gasteiger partial charge in [-0.15, -0.1) is 0 Å². The minimum Gasteiger partial charge on any atom is -0.493 e. The number of carbonyl (C=O) groups is 2. The molecule has 0 radical (unpaired) electrons. The molecule has 0 saturated carbocycles. The zero-order chi connectivity index (χ0) is 26.2. The van der Waals surface area contributed by atoms with Crippen molar-refractivity contribution < 1.29 is 19.1 Å². The number of carbonyl (C=O) groups excluding carboxylic acids is 2. The van der Waals surface area contributed by atoms with Crippen molar-refractivity contribution in [1.29, 1.82) is 0 Å². The lowest BCUT2D eigenvalue weighted by molar-refractivity contribution is -0.135. The van der Waals surface area contributed by atoms with E-state index in [4.69, 9.17) is 14.5 Å². The largest absolute Gasteiger partial charge is 0.493 e. The van der Waals surface area contributed by atoms with Gasteiger partial charge in [0.25, 0.3) is 5.91 Å². The summed E-state index contributed by atoms with van der Waals surface area (Å²) in [6.45, 7) is 3.92.